The van der Waals surface area contributed by atoms with Gasteiger partial charge in [0.05, 0.1) is 0 Å². The van der Waals surface area contributed by atoms with Crippen LogP contribution in [0.4, 0.5) is 0 Å². The maximum absolute atomic E-state index is 6.29. The summed E-state index contributed by atoms with van der Waals surface area (Å²) in [6.45, 7) is 0. The Morgan fingerprint density at radius 3 is 0.920 bits per heavy atom. The molecule has 2 fully saturated rings. The Bertz CT molecular complexity index is 6970. The first-order chi connectivity index (χ1) is 55.4. The van der Waals surface area contributed by atoms with Gasteiger partial charge in [-0.05, 0) is 177 Å². The van der Waals surface area contributed by atoms with Crippen LogP contribution in [0.2, 0.25) is 0 Å². The van der Waals surface area contributed by atoms with E-state index in [1.807, 2.05) is 121 Å². The normalized spacial score (nSPS) is 14.6. The quantitative estimate of drug-likeness (QED) is 0.145. The van der Waals surface area contributed by atoms with Gasteiger partial charge in [0.15, 0.2) is 34.9 Å². The Morgan fingerprint density at radius 2 is 0.482 bits per heavy atom. The highest BCUT2D eigenvalue weighted by Gasteiger charge is 2.45. The SMILES string of the molecule is c1ccc2c(c1)-c1cc(-c3ccc(-c4nc(-c5ccc6oc7ccccc7c6c5)nc(-c5ccc6oc7ccccc7c6c5)n4)cc3)ccc1C21CCCCC1.c1ccc2c(c1)-c1cc(-c3ccc(-c4nc(-c5cccc6oc7ccccc7c56)nc(-c5cccc6oc7ccccc7c56)n4)cc3)ccc1C21CCCCC1. The minimum atomic E-state index is 0.154. The van der Waals surface area contributed by atoms with Crippen LogP contribution in [0, 0.1) is 0 Å². The number of hydrogen-bond acceptors (Lipinski definition) is 10. The van der Waals surface area contributed by atoms with Gasteiger partial charge in [-0.2, -0.15) is 0 Å². The Kier molecular flexibility index (Phi) is 14.6. The zero-order valence-electron chi connectivity index (χ0n) is 61.3. The first-order valence-electron chi connectivity index (χ1n) is 39.3. The number of hydrogen-bond donors (Lipinski definition) is 0. The molecule has 20 aromatic rings. The number of fused-ring (bicyclic) bond motifs is 22. The molecule has 10 nitrogen and oxygen atoms in total. The molecule has 2 spiro atoms. The van der Waals surface area contributed by atoms with Crippen molar-refractivity contribution in [3.05, 3.63) is 326 Å². The molecule has 2 saturated carbocycles. The molecule has 532 valence electrons. The first-order valence-corrected chi connectivity index (χ1v) is 39.3. The van der Waals surface area contributed by atoms with Crippen LogP contribution in [-0.2, 0) is 10.8 Å². The smallest absolute Gasteiger partial charge is 0.164 e. The van der Waals surface area contributed by atoms with E-state index < -0.39 is 0 Å². The zero-order valence-corrected chi connectivity index (χ0v) is 61.3. The number of para-hydroxylation sites is 4. The highest BCUT2D eigenvalue weighted by molar-refractivity contribution is 6.14. The van der Waals surface area contributed by atoms with E-state index in [-0.39, 0.29) is 10.8 Å². The van der Waals surface area contributed by atoms with E-state index in [0.29, 0.717) is 34.9 Å². The summed E-state index contributed by atoms with van der Waals surface area (Å²) in [5.41, 5.74) is 28.8. The van der Waals surface area contributed by atoms with Gasteiger partial charge in [0.1, 0.15) is 44.7 Å². The first kappa shape index (κ1) is 64.3. The Morgan fingerprint density at radius 1 is 0.188 bits per heavy atom. The molecule has 0 N–H and O–H groups in total. The second-order valence-corrected chi connectivity index (χ2v) is 30.8. The van der Waals surface area contributed by atoms with Gasteiger partial charge in [0, 0.05) is 87.3 Å². The Hall–Kier alpha value is -13.7. The molecule has 4 aliphatic rings. The predicted octanol–water partition coefficient (Wildman–Crippen LogP) is 27.1. The van der Waals surface area contributed by atoms with Crippen LogP contribution >= 0.6 is 0 Å². The van der Waals surface area contributed by atoms with E-state index in [1.165, 1.54) is 125 Å². The number of benzene rings is 14. The average Bonchev–Trinajstić information content (AvgIpc) is 1.56. The van der Waals surface area contributed by atoms with Crippen molar-refractivity contribution in [2.24, 2.45) is 0 Å². The minimum Gasteiger partial charge on any atom is -0.456 e. The molecule has 14 aromatic carbocycles. The monoisotopic (exact) mass is 1440 g/mol. The fourth-order valence-electron chi connectivity index (χ4n) is 19.5. The van der Waals surface area contributed by atoms with Crippen molar-refractivity contribution < 1.29 is 17.7 Å². The third kappa shape index (κ3) is 10.2. The van der Waals surface area contributed by atoms with Gasteiger partial charge in [-0.1, -0.05) is 257 Å². The van der Waals surface area contributed by atoms with Crippen LogP contribution in [0.5, 0.6) is 0 Å². The van der Waals surface area contributed by atoms with Gasteiger partial charge < -0.3 is 17.7 Å². The van der Waals surface area contributed by atoms with E-state index in [1.54, 1.807) is 0 Å². The lowest BCUT2D eigenvalue weighted by Gasteiger charge is -2.36. The van der Waals surface area contributed by atoms with E-state index in [2.05, 4.69) is 182 Å². The molecule has 112 heavy (non-hydrogen) atoms. The van der Waals surface area contributed by atoms with Crippen molar-refractivity contribution in [2.75, 3.05) is 0 Å². The minimum absolute atomic E-state index is 0.154. The molecule has 0 saturated heterocycles. The second-order valence-electron chi connectivity index (χ2n) is 30.8. The third-order valence-corrected chi connectivity index (χ3v) is 24.7. The molecular weight excluding hydrogens is 1370 g/mol. The summed E-state index contributed by atoms with van der Waals surface area (Å²) >= 11 is 0. The van der Waals surface area contributed by atoms with Gasteiger partial charge in [-0.3, -0.25) is 0 Å². The lowest BCUT2D eigenvalue weighted by Crippen LogP contribution is -2.27. The summed E-state index contributed by atoms with van der Waals surface area (Å²) in [6.07, 6.45) is 12.8. The maximum Gasteiger partial charge on any atom is 0.164 e. The molecule has 0 radical (unpaired) electrons. The van der Waals surface area contributed by atoms with Gasteiger partial charge >= 0.3 is 0 Å². The van der Waals surface area contributed by atoms with Crippen LogP contribution in [0.3, 0.4) is 0 Å². The number of furan rings is 4. The van der Waals surface area contributed by atoms with E-state index >= 15 is 0 Å². The van der Waals surface area contributed by atoms with Gasteiger partial charge in [-0.15, -0.1) is 0 Å². The summed E-state index contributed by atoms with van der Waals surface area (Å²) in [5.74, 6) is 3.61. The van der Waals surface area contributed by atoms with E-state index in [0.717, 1.165) is 127 Å². The average molecular weight is 1440 g/mol. The maximum atomic E-state index is 6.29. The number of aromatic nitrogens is 6. The van der Waals surface area contributed by atoms with Crippen molar-refractivity contribution in [1.82, 2.24) is 29.9 Å². The summed E-state index contributed by atoms with van der Waals surface area (Å²) in [5, 5.41) is 8.22. The molecular formula is C102H70N6O4. The zero-order chi connectivity index (χ0) is 73.6. The Labute approximate surface area is 644 Å². The largest absolute Gasteiger partial charge is 0.456 e. The topological polar surface area (TPSA) is 130 Å². The fourth-order valence-corrected chi connectivity index (χ4v) is 19.5. The lowest BCUT2D eigenvalue weighted by molar-refractivity contribution is 0.353. The molecule has 6 heterocycles. The molecule has 0 bridgehead atoms. The van der Waals surface area contributed by atoms with Crippen molar-refractivity contribution in [1.29, 1.82) is 0 Å². The van der Waals surface area contributed by atoms with E-state index in [9.17, 15) is 0 Å². The van der Waals surface area contributed by atoms with Crippen molar-refractivity contribution in [2.45, 2.75) is 75.0 Å². The highest BCUT2D eigenvalue weighted by atomic mass is 16.3. The van der Waals surface area contributed by atoms with Crippen LogP contribution in [0.25, 0.3) is 201 Å². The predicted molar refractivity (Wildman–Crippen MR) is 451 cm³/mol. The van der Waals surface area contributed by atoms with Crippen molar-refractivity contribution in [3.8, 4) is 113 Å². The van der Waals surface area contributed by atoms with E-state index in [4.69, 9.17) is 47.6 Å². The fraction of sp³-hybridized carbons (Fsp3) is 0.118. The molecule has 0 aliphatic heterocycles. The second kappa shape index (κ2) is 25.4. The Balaban J connectivity index is 0.000000134. The molecule has 10 heteroatoms. The van der Waals surface area contributed by atoms with Crippen molar-refractivity contribution >= 4 is 87.8 Å². The standard InChI is InChI=1S/2C51H35N3O2/c1-8-28-51(29-9-1)40-17-5-2-12-34(40)39-30-33(26-27-41(39)51)31-22-24-32(25-23-31)48-52-49(37-15-10-20-44-46(37)35-13-3-6-18-42(35)55-44)54-50(53-48)38-16-11-21-45-47(38)36-14-4-7-19-43(36)56-45;1-8-26-51(27-9-1)42-13-5-2-10-36(42)39-28-33(20-23-43(39)51)31-16-18-32(19-17-31)48-52-49(34-21-24-46-40(29-34)37-11-3-6-14-44(37)55-46)54-50(53-48)35-22-25-47-41(30-35)38-12-4-7-15-45(38)56-47/h2-7,10-27,30H,1,8-9,28-29H2;2-7,10-25,28-30H,1,8-9,26-27H2. The molecule has 4 aliphatic carbocycles. The summed E-state index contributed by atoms with van der Waals surface area (Å²) < 4.78 is 24.9. The lowest BCUT2D eigenvalue weighted by atomic mass is 9.68. The van der Waals surface area contributed by atoms with Gasteiger partial charge in [0.25, 0.3) is 0 Å². The summed E-state index contributed by atoms with van der Waals surface area (Å²) in [6, 6.07) is 107. The molecule has 0 atom stereocenters. The number of rotatable bonds is 8. The molecule has 0 unspecified atom stereocenters. The van der Waals surface area contributed by atoms with Crippen LogP contribution in [-0.4, -0.2) is 29.9 Å². The van der Waals surface area contributed by atoms with Gasteiger partial charge in [0.2, 0.25) is 0 Å². The summed E-state index contributed by atoms with van der Waals surface area (Å²) in [4.78, 5) is 31.0. The highest BCUT2D eigenvalue weighted by Crippen LogP contribution is 2.58. The number of nitrogens with zero attached hydrogens (tertiary/aromatic N) is 6. The van der Waals surface area contributed by atoms with Crippen LogP contribution in [0.15, 0.2) is 321 Å². The third-order valence-electron chi connectivity index (χ3n) is 24.7. The van der Waals surface area contributed by atoms with Crippen LogP contribution < -0.4 is 0 Å². The van der Waals surface area contributed by atoms with Crippen molar-refractivity contribution in [3.63, 3.8) is 0 Å². The van der Waals surface area contributed by atoms with Gasteiger partial charge in [-0.25, -0.2) is 29.9 Å². The summed E-state index contributed by atoms with van der Waals surface area (Å²) in [7, 11) is 0. The molecule has 24 rings (SSSR count). The molecule has 0 amide bonds. The molecule has 6 aromatic heterocycles. The van der Waals surface area contributed by atoms with Crippen LogP contribution in [0.1, 0.15) is 86.5 Å².